The van der Waals surface area contributed by atoms with Crippen LogP contribution < -0.4 is 14.2 Å². The van der Waals surface area contributed by atoms with Crippen molar-refractivity contribution < 1.29 is 17.9 Å². The molecule has 7 heteroatoms. The Bertz CT molecular complexity index is 883. The molecule has 1 unspecified atom stereocenters. The molecule has 0 aliphatic carbocycles. The molecule has 2 aromatic carbocycles. The minimum Gasteiger partial charge on any atom is -0.490 e. The van der Waals surface area contributed by atoms with E-state index in [9.17, 15) is 8.42 Å². The Morgan fingerprint density at radius 1 is 1.00 bits per heavy atom. The van der Waals surface area contributed by atoms with Crippen molar-refractivity contribution in [2.24, 2.45) is 0 Å². The minimum atomic E-state index is -3.66. The zero-order valence-corrected chi connectivity index (χ0v) is 18.0. The van der Waals surface area contributed by atoms with Crippen LogP contribution in [0.25, 0.3) is 0 Å². The van der Waals surface area contributed by atoms with Crippen molar-refractivity contribution in [3.63, 3.8) is 0 Å². The molecule has 0 saturated carbocycles. The van der Waals surface area contributed by atoms with Crippen molar-refractivity contribution in [1.29, 1.82) is 0 Å². The van der Waals surface area contributed by atoms with Gasteiger partial charge in [-0.1, -0.05) is 44.2 Å². The van der Waals surface area contributed by atoms with Crippen LogP contribution in [0.15, 0.2) is 53.4 Å². The van der Waals surface area contributed by atoms with Gasteiger partial charge >= 0.3 is 0 Å². The molecule has 1 atom stereocenters. The largest absolute Gasteiger partial charge is 0.490 e. The number of fused-ring (bicyclic) bond motifs is 1. The molecule has 3 rings (SSSR count). The number of benzene rings is 2. The smallest absolute Gasteiger partial charge is 0.240 e. The van der Waals surface area contributed by atoms with E-state index in [1.807, 2.05) is 18.2 Å². The van der Waals surface area contributed by atoms with E-state index in [2.05, 4.69) is 35.6 Å². The number of hydrogen-bond acceptors (Lipinski definition) is 5. The molecule has 6 nitrogen and oxygen atoms in total. The Morgan fingerprint density at radius 3 is 2.38 bits per heavy atom. The van der Waals surface area contributed by atoms with Gasteiger partial charge in [0, 0.05) is 25.1 Å². The number of sulfonamides is 1. The fourth-order valence-corrected chi connectivity index (χ4v) is 4.64. The molecule has 0 aromatic heterocycles. The predicted molar refractivity (Wildman–Crippen MR) is 114 cm³/mol. The molecule has 0 radical (unpaired) electrons. The molecule has 1 aliphatic heterocycles. The summed E-state index contributed by atoms with van der Waals surface area (Å²) < 4.78 is 39.9. The third-order valence-electron chi connectivity index (χ3n) is 5.18. The fraction of sp³-hybridized carbons (Fsp3) is 0.455. The van der Waals surface area contributed by atoms with Crippen LogP contribution in [0, 0.1) is 0 Å². The third kappa shape index (κ3) is 5.72. The quantitative estimate of drug-likeness (QED) is 0.678. The molecule has 29 heavy (non-hydrogen) atoms. The number of nitrogens with one attached hydrogen (secondary N) is 1. The summed E-state index contributed by atoms with van der Waals surface area (Å²) in [5, 5.41) is 0. The van der Waals surface area contributed by atoms with Crippen LogP contribution in [0.5, 0.6) is 11.5 Å². The lowest BCUT2D eigenvalue weighted by Crippen LogP contribution is -2.45. The lowest BCUT2D eigenvalue weighted by Gasteiger charge is -2.30. The van der Waals surface area contributed by atoms with E-state index in [1.165, 1.54) is 5.56 Å². The van der Waals surface area contributed by atoms with E-state index in [0.29, 0.717) is 31.3 Å². The van der Waals surface area contributed by atoms with Crippen molar-refractivity contribution in [2.45, 2.75) is 37.6 Å². The molecule has 0 spiro atoms. The first kappa shape index (κ1) is 21.6. The van der Waals surface area contributed by atoms with Crippen LogP contribution in [0.3, 0.4) is 0 Å². The highest BCUT2D eigenvalue weighted by Gasteiger charge is 2.22. The Balaban J connectivity index is 1.74. The van der Waals surface area contributed by atoms with Crippen LogP contribution in [0.2, 0.25) is 0 Å². The molecule has 1 heterocycles. The van der Waals surface area contributed by atoms with Crippen molar-refractivity contribution >= 4 is 10.0 Å². The highest BCUT2D eigenvalue weighted by molar-refractivity contribution is 7.89. The minimum absolute atomic E-state index is 0.0718. The van der Waals surface area contributed by atoms with E-state index in [0.717, 1.165) is 25.9 Å². The normalized spacial score (nSPS) is 15.1. The fourth-order valence-electron chi connectivity index (χ4n) is 3.56. The Morgan fingerprint density at radius 2 is 1.69 bits per heavy atom. The summed E-state index contributed by atoms with van der Waals surface area (Å²) in [6.07, 6.45) is 1.56. The molecule has 0 fully saturated rings. The molecule has 0 amide bonds. The second-order valence-electron chi connectivity index (χ2n) is 7.08. The predicted octanol–water partition coefficient (Wildman–Crippen LogP) is 3.08. The van der Waals surface area contributed by atoms with Gasteiger partial charge in [-0.05, 0) is 37.2 Å². The molecular formula is C22H30N2O4S. The van der Waals surface area contributed by atoms with Gasteiger partial charge in [-0.3, -0.25) is 4.90 Å². The third-order valence-corrected chi connectivity index (χ3v) is 6.60. The first-order valence-electron chi connectivity index (χ1n) is 10.2. The first-order valence-corrected chi connectivity index (χ1v) is 11.7. The summed E-state index contributed by atoms with van der Waals surface area (Å²) >= 11 is 0. The Kier molecular flexibility index (Phi) is 7.52. The summed E-state index contributed by atoms with van der Waals surface area (Å²) in [6, 6.07) is 15.0. The van der Waals surface area contributed by atoms with E-state index < -0.39 is 10.0 Å². The van der Waals surface area contributed by atoms with Crippen molar-refractivity contribution in [3.8, 4) is 11.5 Å². The van der Waals surface area contributed by atoms with Crippen molar-refractivity contribution in [2.75, 3.05) is 32.8 Å². The zero-order chi connectivity index (χ0) is 20.7. The number of nitrogens with zero attached hydrogens (tertiary/aromatic N) is 1. The van der Waals surface area contributed by atoms with Gasteiger partial charge in [0.1, 0.15) is 0 Å². The maximum atomic E-state index is 12.9. The molecule has 158 valence electrons. The summed E-state index contributed by atoms with van der Waals surface area (Å²) in [5.74, 6) is 1.07. The lowest BCUT2D eigenvalue weighted by molar-refractivity contribution is 0.216. The summed E-state index contributed by atoms with van der Waals surface area (Å²) in [7, 11) is -3.66. The van der Waals surface area contributed by atoms with Gasteiger partial charge in [0.25, 0.3) is 0 Å². The number of likely N-dealkylation sites (N-methyl/N-ethyl adjacent to an activating group) is 1. The van der Waals surface area contributed by atoms with Crippen molar-refractivity contribution in [1.82, 2.24) is 9.62 Å². The van der Waals surface area contributed by atoms with Gasteiger partial charge in [0.15, 0.2) is 11.5 Å². The van der Waals surface area contributed by atoms with Gasteiger partial charge in [-0.25, -0.2) is 13.1 Å². The van der Waals surface area contributed by atoms with Gasteiger partial charge in [0.2, 0.25) is 10.0 Å². The molecule has 2 aromatic rings. The average Bonchev–Trinajstić information content (AvgIpc) is 2.98. The highest BCUT2D eigenvalue weighted by atomic mass is 32.2. The van der Waals surface area contributed by atoms with E-state index in [-0.39, 0.29) is 10.9 Å². The Hall–Kier alpha value is -2.09. The maximum Gasteiger partial charge on any atom is 0.240 e. The van der Waals surface area contributed by atoms with Crippen LogP contribution >= 0.6 is 0 Å². The first-order chi connectivity index (χ1) is 14.0. The summed E-state index contributed by atoms with van der Waals surface area (Å²) in [5.41, 5.74) is 1.19. The second-order valence-corrected chi connectivity index (χ2v) is 8.84. The van der Waals surface area contributed by atoms with Gasteiger partial charge in [0.05, 0.1) is 18.1 Å². The van der Waals surface area contributed by atoms with Gasteiger partial charge in [-0.2, -0.15) is 0 Å². The summed E-state index contributed by atoms with van der Waals surface area (Å²) in [6.45, 7) is 7.35. The molecule has 1 aliphatic rings. The topological polar surface area (TPSA) is 67.9 Å². The number of rotatable bonds is 9. The Labute approximate surface area is 173 Å². The monoisotopic (exact) mass is 418 g/mol. The van der Waals surface area contributed by atoms with Crippen LogP contribution in [-0.4, -0.2) is 52.2 Å². The number of hydrogen-bond donors (Lipinski definition) is 1. The molecule has 0 saturated heterocycles. The van der Waals surface area contributed by atoms with Crippen molar-refractivity contribution in [3.05, 3.63) is 54.1 Å². The highest BCUT2D eigenvalue weighted by Crippen LogP contribution is 2.31. The second kappa shape index (κ2) is 10.1. The van der Waals surface area contributed by atoms with Gasteiger partial charge in [-0.15, -0.1) is 0 Å². The maximum absolute atomic E-state index is 12.9. The van der Waals surface area contributed by atoms with E-state index >= 15 is 0 Å². The number of ether oxygens (including phenoxy) is 2. The zero-order valence-electron chi connectivity index (χ0n) is 17.1. The molecule has 1 N–H and O–H groups in total. The van der Waals surface area contributed by atoms with E-state index in [4.69, 9.17) is 9.47 Å². The SMILES string of the molecule is CCN(CC)C(CNS(=O)(=O)c1ccc2c(c1)OCCCO2)Cc1ccccc1. The van der Waals surface area contributed by atoms with Crippen LogP contribution in [-0.2, 0) is 16.4 Å². The standard InChI is InChI=1S/C22H30N2O4S/c1-3-24(4-2)19(15-18-9-6-5-7-10-18)17-23-29(25,26)20-11-12-21-22(16-20)28-14-8-13-27-21/h5-7,9-12,16,19,23H,3-4,8,13-15,17H2,1-2H3. The van der Waals surface area contributed by atoms with Gasteiger partial charge < -0.3 is 9.47 Å². The van der Waals surface area contributed by atoms with Crippen LogP contribution in [0.1, 0.15) is 25.8 Å². The average molecular weight is 419 g/mol. The van der Waals surface area contributed by atoms with E-state index in [1.54, 1.807) is 18.2 Å². The van der Waals surface area contributed by atoms with Crippen LogP contribution in [0.4, 0.5) is 0 Å². The summed E-state index contributed by atoms with van der Waals surface area (Å²) in [4.78, 5) is 2.48. The lowest BCUT2D eigenvalue weighted by atomic mass is 10.0. The molecular weight excluding hydrogens is 388 g/mol. The molecule has 0 bridgehead atoms.